The Balaban J connectivity index is 2.70. The second-order valence-corrected chi connectivity index (χ2v) is 6.13. The molecule has 0 N–H and O–H groups in total. The van der Waals surface area contributed by atoms with Gasteiger partial charge in [0.05, 0.1) is 0 Å². The first-order valence-electron chi connectivity index (χ1n) is 4.65. The molecule has 2 heterocycles. The van der Waals surface area contributed by atoms with E-state index in [1.54, 1.807) is 6.26 Å². The van der Waals surface area contributed by atoms with Crippen molar-refractivity contribution in [3.05, 3.63) is 5.82 Å². The van der Waals surface area contributed by atoms with Gasteiger partial charge in [0.15, 0.2) is 11.5 Å². The molecule has 0 aliphatic heterocycles. The van der Waals surface area contributed by atoms with E-state index in [0.717, 1.165) is 10.5 Å². The highest BCUT2D eigenvalue weighted by atomic mass is 32.2. The van der Waals surface area contributed by atoms with E-state index in [9.17, 15) is 4.55 Å². The molecule has 2 aromatic heterocycles. The molecule has 0 amide bonds. The Kier molecular flexibility index (Phi) is 3.00. The van der Waals surface area contributed by atoms with E-state index in [4.69, 9.17) is 0 Å². The zero-order chi connectivity index (χ0) is 11.9. The standard InChI is InChI=1S/C9H12N4OS2/c1-5-10-7-6(8(11-5)13(2)3)15-9(12-7)16(4)14/h1-4H3. The molecule has 16 heavy (non-hydrogen) atoms. The van der Waals surface area contributed by atoms with E-state index in [1.165, 1.54) is 11.3 Å². The molecular formula is C9H12N4OS2. The molecule has 0 saturated heterocycles. The fourth-order valence-electron chi connectivity index (χ4n) is 1.32. The van der Waals surface area contributed by atoms with Crippen LogP contribution in [0, 0.1) is 6.92 Å². The molecule has 5 nitrogen and oxygen atoms in total. The van der Waals surface area contributed by atoms with Crippen molar-refractivity contribution < 1.29 is 4.55 Å². The lowest BCUT2D eigenvalue weighted by Crippen LogP contribution is -2.11. The van der Waals surface area contributed by atoms with Gasteiger partial charge in [-0.05, 0) is 6.92 Å². The van der Waals surface area contributed by atoms with Crippen LogP contribution in [0.25, 0.3) is 10.3 Å². The van der Waals surface area contributed by atoms with Crippen molar-refractivity contribution in [2.45, 2.75) is 11.3 Å². The molecule has 7 heteroatoms. The Morgan fingerprint density at radius 1 is 1.25 bits per heavy atom. The lowest BCUT2D eigenvalue weighted by molar-refractivity contribution is 0.600. The molecule has 2 aromatic rings. The molecule has 0 aliphatic carbocycles. The van der Waals surface area contributed by atoms with Gasteiger partial charge in [-0.25, -0.2) is 9.97 Å². The highest BCUT2D eigenvalue weighted by Gasteiger charge is 2.18. The maximum absolute atomic E-state index is 11.4. The van der Waals surface area contributed by atoms with Gasteiger partial charge in [0, 0.05) is 25.3 Å². The number of hydrogen-bond acceptors (Lipinski definition) is 6. The largest absolute Gasteiger partial charge is 0.610 e. The number of thiazole rings is 1. The van der Waals surface area contributed by atoms with Crippen LogP contribution in [0.5, 0.6) is 0 Å². The predicted molar refractivity (Wildman–Crippen MR) is 66.6 cm³/mol. The average molecular weight is 256 g/mol. The predicted octanol–water partition coefficient (Wildman–Crippen LogP) is 1.20. The van der Waals surface area contributed by atoms with Gasteiger partial charge in [0.25, 0.3) is 0 Å². The number of anilines is 1. The van der Waals surface area contributed by atoms with Gasteiger partial charge in [-0.3, -0.25) is 0 Å². The number of fused-ring (bicyclic) bond motifs is 1. The Morgan fingerprint density at radius 3 is 2.50 bits per heavy atom. The second kappa shape index (κ2) is 4.15. The van der Waals surface area contributed by atoms with Crippen LogP contribution < -0.4 is 4.90 Å². The summed E-state index contributed by atoms with van der Waals surface area (Å²) >= 11 is 0.322. The summed E-state index contributed by atoms with van der Waals surface area (Å²) in [6, 6.07) is 0. The van der Waals surface area contributed by atoms with E-state index in [0.29, 0.717) is 15.8 Å². The monoisotopic (exact) mass is 256 g/mol. The Bertz CT molecular complexity index is 523. The van der Waals surface area contributed by atoms with Gasteiger partial charge < -0.3 is 9.45 Å². The van der Waals surface area contributed by atoms with E-state index in [-0.39, 0.29) is 0 Å². The van der Waals surface area contributed by atoms with Crippen molar-refractivity contribution in [2.75, 3.05) is 25.3 Å². The van der Waals surface area contributed by atoms with Crippen molar-refractivity contribution in [2.24, 2.45) is 0 Å². The first-order valence-corrected chi connectivity index (χ1v) is 7.02. The minimum atomic E-state index is -1.07. The van der Waals surface area contributed by atoms with Crippen LogP contribution >= 0.6 is 11.3 Å². The fourth-order valence-corrected chi connectivity index (χ4v) is 3.07. The quantitative estimate of drug-likeness (QED) is 0.755. The highest BCUT2D eigenvalue weighted by Crippen LogP contribution is 2.30. The summed E-state index contributed by atoms with van der Waals surface area (Å²) in [7, 11) is 3.84. The van der Waals surface area contributed by atoms with Crippen molar-refractivity contribution in [1.29, 1.82) is 0 Å². The number of aromatic nitrogens is 3. The molecule has 0 aromatic carbocycles. The second-order valence-electron chi connectivity index (χ2n) is 3.58. The minimum Gasteiger partial charge on any atom is -0.610 e. The summed E-state index contributed by atoms with van der Waals surface area (Å²) in [5.41, 5.74) is 0.631. The van der Waals surface area contributed by atoms with Crippen LogP contribution in [0.4, 0.5) is 5.82 Å². The third kappa shape index (κ3) is 1.98. The smallest absolute Gasteiger partial charge is 0.304 e. The molecule has 0 radical (unpaired) electrons. The lowest BCUT2D eigenvalue weighted by Gasteiger charge is -2.11. The molecule has 1 atom stereocenters. The third-order valence-corrected chi connectivity index (χ3v) is 4.37. The number of aryl methyl sites for hydroxylation is 1. The Labute approximate surface area is 101 Å². The first-order chi connectivity index (χ1) is 7.49. The summed E-state index contributed by atoms with van der Waals surface area (Å²) < 4.78 is 12.9. The third-order valence-electron chi connectivity index (χ3n) is 2.00. The van der Waals surface area contributed by atoms with Crippen LogP contribution in [0.15, 0.2) is 4.34 Å². The first kappa shape index (κ1) is 11.6. The summed E-state index contributed by atoms with van der Waals surface area (Å²) in [5.74, 6) is 1.51. The van der Waals surface area contributed by atoms with Gasteiger partial charge >= 0.3 is 4.34 Å². The van der Waals surface area contributed by atoms with Crippen molar-refractivity contribution in [1.82, 2.24) is 15.0 Å². The minimum absolute atomic E-state index is 0.595. The topological polar surface area (TPSA) is 65.0 Å². The van der Waals surface area contributed by atoms with E-state index in [1.807, 2.05) is 25.9 Å². The normalized spacial score (nSPS) is 13.1. The SMILES string of the molecule is Cc1nc(N(C)C)c2sc([S+](C)[O-])nc2n1. The maximum atomic E-state index is 11.4. The fraction of sp³-hybridized carbons (Fsp3) is 0.444. The van der Waals surface area contributed by atoms with Gasteiger partial charge in [0.2, 0.25) is 0 Å². The lowest BCUT2D eigenvalue weighted by atomic mass is 10.5. The molecular weight excluding hydrogens is 244 g/mol. The van der Waals surface area contributed by atoms with Crippen LogP contribution in [0.2, 0.25) is 0 Å². The summed E-state index contributed by atoms with van der Waals surface area (Å²) in [6.45, 7) is 1.83. The molecule has 0 spiro atoms. The highest BCUT2D eigenvalue weighted by molar-refractivity contribution is 7.92. The van der Waals surface area contributed by atoms with Gasteiger partial charge in [0.1, 0.15) is 16.8 Å². The van der Waals surface area contributed by atoms with Crippen molar-refractivity contribution >= 4 is 38.7 Å². The Morgan fingerprint density at radius 2 is 1.94 bits per heavy atom. The van der Waals surface area contributed by atoms with Crippen molar-refractivity contribution in [3.63, 3.8) is 0 Å². The molecule has 0 aliphatic rings. The summed E-state index contributed by atoms with van der Waals surface area (Å²) in [5, 5.41) is 0. The zero-order valence-electron chi connectivity index (χ0n) is 9.51. The van der Waals surface area contributed by atoms with Gasteiger partial charge in [-0.1, -0.05) is 11.3 Å². The molecule has 2 rings (SSSR count). The van der Waals surface area contributed by atoms with Crippen molar-refractivity contribution in [3.8, 4) is 0 Å². The number of nitrogens with zero attached hydrogens (tertiary/aromatic N) is 4. The average Bonchev–Trinajstić information content (AvgIpc) is 2.59. The zero-order valence-corrected chi connectivity index (χ0v) is 11.1. The van der Waals surface area contributed by atoms with Crippen LogP contribution in [0.3, 0.4) is 0 Å². The molecule has 86 valence electrons. The van der Waals surface area contributed by atoms with Crippen LogP contribution in [-0.4, -0.2) is 39.9 Å². The summed E-state index contributed by atoms with van der Waals surface area (Å²) in [6.07, 6.45) is 1.62. The van der Waals surface area contributed by atoms with E-state index >= 15 is 0 Å². The maximum Gasteiger partial charge on any atom is 0.304 e. The molecule has 0 bridgehead atoms. The van der Waals surface area contributed by atoms with Gasteiger partial charge in [-0.15, -0.1) is 0 Å². The van der Waals surface area contributed by atoms with Crippen LogP contribution in [0.1, 0.15) is 5.82 Å². The molecule has 0 fully saturated rings. The van der Waals surface area contributed by atoms with Gasteiger partial charge in [-0.2, -0.15) is 4.98 Å². The van der Waals surface area contributed by atoms with E-state index < -0.39 is 11.2 Å². The summed E-state index contributed by atoms with van der Waals surface area (Å²) in [4.78, 5) is 14.8. The van der Waals surface area contributed by atoms with E-state index in [2.05, 4.69) is 15.0 Å². The number of rotatable bonds is 2. The van der Waals surface area contributed by atoms with Crippen LogP contribution in [-0.2, 0) is 11.2 Å². The molecule has 0 saturated carbocycles. The molecule has 1 unspecified atom stereocenters. The Hall–Kier alpha value is -0.920. The number of hydrogen-bond donors (Lipinski definition) is 0.